The first-order valence-electron chi connectivity index (χ1n) is 9.68. The van der Waals surface area contributed by atoms with Gasteiger partial charge in [0, 0.05) is 11.7 Å². The highest BCUT2D eigenvalue weighted by Gasteiger charge is 2.14. The standard InChI is InChI=1S/C23H26N4O/c1-4-17-12-9-13-18(5-2)22(17)27-23(28)20-14-25-21(15-24-20)26-16(3)19-10-7-6-8-11-19/h6-16H,4-5H2,1-3H3,(H,25,26)(H,27,28). The van der Waals surface area contributed by atoms with Crippen LogP contribution >= 0.6 is 0 Å². The van der Waals surface area contributed by atoms with Gasteiger partial charge in [-0.2, -0.15) is 0 Å². The zero-order valence-corrected chi connectivity index (χ0v) is 16.6. The average molecular weight is 374 g/mol. The van der Waals surface area contributed by atoms with E-state index in [0.29, 0.717) is 11.5 Å². The molecule has 1 heterocycles. The number of amides is 1. The molecule has 1 amide bonds. The van der Waals surface area contributed by atoms with E-state index in [4.69, 9.17) is 0 Å². The molecule has 3 aromatic rings. The molecule has 0 saturated heterocycles. The van der Waals surface area contributed by atoms with Crippen molar-refractivity contribution in [3.63, 3.8) is 0 Å². The van der Waals surface area contributed by atoms with Crippen LogP contribution in [0.15, 0.2) is 60.9 Å². The maximum absolute atomic E-state index is 12.7. The van der Waals surface area contributed by atoms with Crippen LogP contribution in [0.5, 0.6) is 0 Å². The maximum atomic E-state index is 12.7. The first-order chi connectivity index (χ1) is 13.6. The zero-order chi connectivity index (χ0) is 19.9. The molecule has 1 atom stereocenters. The molecule has 0 spiro atoms. The van der Waals surface area contributed by atoms with Gasteiger partial charge in [0.2, 0.25) is 0 Å². The van der Waals surface area contributed by atoms with Gasteiger partial charge in [0.1, 0.15) is 11.5 Å². The summed E-state index contributed by atoms with van der Waals surface area (Å²) in [6.45, 7) is 6.22. The van der Waals surface area contributed by atoms with Gasteiger partial charge in [0.25, 0.3) is 5.91 Å². The Labute approximate surface area is 166 Å². The lowest BCUT2D eigenvalue weighted by atomic mass is 10.0. The lowest BCUT2D eigenvalue weighted by Gasteiger charge is -2.15. The molecule has 0 fully saturated rings. The highest BCUT2D eigenvalue weighted by molar-refractivity contribution is 6.03. The van der Waals surface area contributed by atoms with E-state index in [1.165, 1.54) is 6.20 Å². The van der Waals surface area contributed by atoms with Gasteiger partial charge in [0.05, 0.1) is 12.4 Å². The van der Waals surface area contributed by atoms with E-state index in [0.717, 1.165) is 35.2 Å². The minimum absolute atomic E-state index is 0.0960. The number of hydrogen-bond donors (Lipinski definition) is 2. The molecule has 0 saturated carbocycles. The van der Waals surface area contributed by atoms with Crippen LogP contribution in [0.1, 0.15) is 54.0 Å². The van der Waals surface area contributed by atoms with Crippen molar-refractivity contribution in [2.24, 2.45) is 0 Å². The third kappa shape index (κ3) is 4.55. The van der Waals surface area contributed by atoms with Gasteiger partial charge in [-0.25, -0.2) is 9.97 Å². The van der Waals surface area contributed by atoms with Crippen LogP contribution in [0.4, 0.5) is 11.5 Å². The molecule has 0 aliphatic carbocycles. The van der Waals surface area contributed by atoms with Gasteiger partial charge in [-0.15, -0.1) is 0 Å². The van der Waals surface area contributed by atoms with Gasteiger partial charge in [0.15, 0.2) is 0 Å². The summed E-state index contributed by atoms with van der Waals surface area (Å²) in [5.74, 6) is 0.391. The molecule has 1 unspecified atom stereocenters. The van der Waals surface area contributed by atoms with Gasteiger partial charge < -0.3 is 10.6 Å². The summed E-state index contributed by atoms with van der Waals surface area (Å²) < 4.78 is 0. The number of carbonyl (C=O) groups is 1. The Morgan fingerprint density at radius 3 is 2.18 bits per heavy atom. The molecule has 5 nitrogen and oxygen atoms in total. The fraction of sp³-hybridized carbons (Fsp3) is 0.261. The number of nitrogens with zero attached hydrogens (tertiary/aromatic N) is 2. The van der Waals surface area contributed by atoms with Crippen molar-refractivity contribution in [1.29, 1.82) is 0 Å². The van der Waals surface area contributed by atoms with Gasteiger partial charge in [-0.05, 0) is 36.5 Å². The average Bonchev–Trinajstić information content (AvgIpc) is 2.75. The topological polar surface area (TPSA) is 66.9 Å². The second-order valence-electron chi connectivity index (χ2n) is 6.68. The van der Waals surface area contributed by atoms with E-state index in [1.54, 1.807) is 6.20 Å². The number of para-hydroxylation sites is 1. The van der Waals surface area contributed by atoms with Gasteiger partial charge in [-0.1, -0.05) is 62.4 Å². The second-order valence-corrected chi connectivity index (χ2v) is 6.68. The molecule has 2 aromatic carbocycles. The molecule has 3 rings (SSSR count). The molecule has 0 aliphatic heterocycles. The predicted molar refractivity (Wildman–Crippen MR) is 114 cm³/mol. The van der Waals surface area contributed by atoms with Crippen molar-refractivity contribution in [1.82, 2.24) is 9.97 Å². The Bertz CT molecular complexity index is 901. The Morgan fingerprint density at radius 1 is 0.929 bits per heavy atom. The van der Waals surface area contributed by atoms with E-state index in [2.05, 4.69) is 53.5 Å². The van der Waals surface area contributed by atoms with Crippen LogP contribution < -0.4 is 10.6 Å². The molecule has 28 heavy (non-hydrogen) atoms. The summed E-state index contributed by atoms with van der Waals surface area (Å²) in [7, 11) is 0. The minimum Gasteiger partial charge on any atom is -0.362 e. The number of carbonyl (C=O) groups excluding carboxylic acids is 1. The first-order valence-corrected chi connectivity index (χ1v) is 9.68. The smallest absolute Gasteiger partial charge is 0.275 e. The van der Waals surface area contributed by atoms with Crippen molar-refractivity contribution >= 4 is 17.4 Å². The summed E-state index contributed by atoms with van der Waals surface area (Å²) in [6.07, 6.45) is 4.82. The predicted octanol–water partition coefficient (Wildman–Crippen LogP) is 5.03. The van der Waals surface area contributed by atoms with E-state index in [9.17, 15) is 4.79 Å². The zero-order valence-electron chi connectivity index (χ0n) is 16.6. The summed E-state index contributed by atoms with van der Waals surface area (Å²) >= 11 is 0. The lowest BCUT2D eigenvalue weighted by molar-refractivity contribution is 0.102. The Balaban J connectivity index is 1.71. The molecule has 2 N–H and O–H groups in total. The van der Waals surface area contributed by atoms with Crippen LogP contribution in [-0.2, 0) is 12.8 Å². The molecule has 1 aromatic heterocycles. The fourth-order valence-corrected chi connectivity index (χ4v) is 3.15. The lowest BCUT2D eigenvalue weighted by Crippen LogP contribution is -2.17. The molecular weight excluding hydrogens is 348 g/mol. The van der Waals surface area contributed by atoms with E-state index in [1.807, 2.05) is 36.4 Å². The van der Waals surface area contributed by atoms with Crippen LogP contribution in [0.2, 0.25) is 0 Å². The molecule has 5 heteroatoms. The molecule has 144 valence electrons. The summed E-state index contributed by atoms with van der Waals surface area (Å²) in [4.78, 5) is 21.3. The number of aryl methyl sites for hydroxylation is 2. The number of aromatic nitrogens is 2. The van der Waals surface area contributed by atoms with Gasteiger partial charge in [-0.3, -0.25) is 4.79 Å². The third-order valence-electron chi connectivity index (χ3n) is 4.79. The quantitative estimate of drug-likeness (QED) is 0.609. The molecule has 0 aliphatic rings. The van der Waals surface area contributed by atoms with Crippen molar-refractivity contribution in [2.45, 2.75) is 39.7 Å². The first kappa shape index (κ1) is 19.5. The van der Waals surface area contributed by atoms with Crippen molar-refractivity contribution < 1.29 is 4.79 Å². The SMILES string of the molecule is CCc1cccc(CC)c1NC(=O)c1cnc(NC(C)c2ccccc2)cn1. The number of anilines is 2. The Morgan fingerprint density at radius 2 is 1.61 bits per heavy atom. The van der Waals surface area contributed by atoms with Crippen LogP contribution in [-0.4, -0.2) is 15.9 Å². The molecular formula is C23H26N4O. The summed E-state index contributed by atoms with van der Waals surface area (Å²) in [5, 5.41) is 6.33. The third-order valence-corrected chi connectivity index (χ3v) is 4.79. The monoisotopic (exact) mass is 374 g/mol. The number of rotatable bonds is 7. The Hall–Kier alpha value is -3.21. The fourth-order valence-electron chi connectivity index (χ4n) is 3.15. The largest absolute Gasteiger partial charge is 0.362 e. The van der Waals surface area contributed by atoms with Crippen molar-refractivity contribution in [2.75, 3.05) is 10.6 Å². The van der Waals surface area contributed by atoms with E-state index >= 15 is 0 Å². The maximum Gasteiger partial charge on any atom is 0.275 e. The highest BCUT2D eigenvalue weighted by atomic mass is 16.1. The van der Waals surface area contributed by atoms with Crippen LogP contribution in [0.25, 0.3) is 0 Å². The number of nitrogens with one attached hydrogen (secondary N) is 2. The summed E-state index contributed by atoms with van der Waals surface area (Å²) in [5.41, 5.74) is 4.59. The number of benzene rings is 2. The van der Waals surface area contributed by atoms with E-state index in [-0.39, 0.29) is 11.9 Å². The molecule has 0 radical (unpaired) electrons. The van der Waals surface area contributed by atoms with Crippen LogP contribution in [0, 0.1) is 0 Å². The molecule has 0 bridgehead atoms. The summed E-state index contributed by atoms with van der Waals surface area (Å²) in [6, 6.07) is 16.3. The van der Waals surface area contributed by atoms with Crippen molar-refractivity contribution in [3.05, 3.63) is 83.3 Å². The normalized spacial score (nSPS) is 11.7. The van der Waals surface area contributed by atoms with Crippen LogP contribution in [0.3, 0.4) is 0 Å². The Kier molecular flexibility index (Phi) is 6.37. The minimum atomic E-state index is -0.245. The number of hydrogen-bond acceptors (Lipinski definition) is 4. The van der Waals surface area contributed by atoms with Crippen molar-refractivity contribution in [3.8, 4) is 0 Å². The highest BCUT2D eigenvalue weighted by Crippen LogP contribution is 2.23. The van der Waals surface area contributed by atoms with E-state index < -0.39 is 0 Å². The second kappa shape index (κ2) is 9.13. The van der Waals surface area contributed by atoms with Gasteiger partial charge >= 0.3 is 0 Å².